The van der Waals surface area contributed by atoms with E-state index in [-0.39, 0.29) is 5.91 Å². The van der Waals surface area contributed by atoms with Crippen molar-refractivity contribution in [1.82, 2.24) is 0 Å². The van der Waals surface area contributed by atoms with Crippen molar-refractivity contribution in [3.05, 3.63) is 23.8 Å². The highest BCUT2D eigenvalue weighted by atomic mass is 16.5. The molecule has 0 radical (unpaired) electrons. The Morgan fingerprint density at radius 2 is 2.31 bits per heavy atom. The minimum atomic E-state index is 0.150. The molecule has 1 aromatic carbocycles. The van der Waals surface area contributed by atoms with Gasteiger partial charge in [0.2, 0.25) is 5.91 Å². The van der Waals surface area contributed by atoms with Crippen LogP contribution in [0.2, 0.25) is 0 Å². The highest BCUT2D eigenvalue weighted by molar-refractivity contribution is 6.01. The first-order valence-electron chi connectivity index (χ1n) is 5.40. The first kappa shape index (κ1) is 11.0. The molecule has 0 unspecified atom stereocenters. The largest absolute Gasteiger partial charge is 0.399 e. The molecule has 2 N–H and O–H groups in total. The van der Waals surface area contributed by atoms with Crippen molar-refractivity contribution in [1.29, 1.82) is 0 Å². The van der Waals surface area contributed by atoms with Crippen LogP contribution < -0.4 is 10.6 Å². The molecular formula is C12H16N2O2. The van der Waals surface area contributed by atoms with Crippen molar-refractivity contribution in [2.24, 2.45) is 0 Å². The topological polar surface area (TPSA) is 55.6 Å². The maximum atomic E-state index is 11.8. The van der Waals surface area contributed by atoms with Crippen molar-refractivity contribution in [2.75, 3.05) is 30.9 Å². The number of carbonyl (C=O) groups is 1. The minimum absolute atomic E-state index is 0.150. The van der Waals surface area contributed by atoms with Crippen LogP contribution in [0, 0.1) is 0 Å². The van der Waals surface area contributed by atoms with E-state index in [0.29, 0.717) is 25.3 Å². The molecule has 0 aliphatic carbocycles. The third kappa shape index (κ3) is 2.02. The van der Waals surface area contributed by atoms with Gasteiger partial charge in [-0.25, -0.2) is 0 Å². The monoisotopic (exact) mass is 220 g/mol. The molecular weight excluding hydrogens is 204 g/mol. The van der Waals surface area contributed by atoms with E-state index in [0.717, 1.165) is 17.7 Å². The lowest BCUT2D eigenvalue weighted by atomic mass is 10.1. The highest BCUT2D eigenvalue weighted by Crippen LogP contribution is 2.30. The molecule has 0 saturated heterocycles. The maximum Gasteiger partial charge on any atom is 0.231 e. The summed E-state index contributed by atoms with van der Waals surface area (Å²) < 4.78 is 4.99. The van der Waals surface area contributed by atoms with E-state index in [4.69, 9.17) is 10.5 Å². The summed E-state index contributed by atoms with van der Waals surface area (Å²) in [6.45, 7) is 1.39. The van der Waals surface area contributed by atoms with Crippen molar-refractivity contribution >= 4 is 17.3 Å². The lowest BCUT2D eigenvalue weighted by molar-refractivity contribution is -0.117. The van der Waals surface area contributed by atoms with E-state index in [2.05, 4.69) is 0 Å². The molecule has 1 aromatic rings. The number of benzene rings is 1. The number of rotatable bonds is 4. The van der Waals surface area contributed by atoms with E-state index >= 15 is 0 Å². The lowest BCUT2D eigenvalue weighted by Gasteiger charge is -2.17. The van der Waals surface area contributed by atoms with Gasteiger partial charge in [0.15, 0.2) is 0 Å². The number of nitrogens with zero attached hydrogens (tertiary/aromatic N) is 1. The third-order valence-electron chi connectivity index (χ3n) is 2.77. The van der Waals surface area contributed by atoms with Crippen molar-refractivity contribution in [3.8, 4) is 0 Å². The summed E-state index contributed by atoms with van der Waals surface area (Å²) in [5.74, 6) is 0.150. The molecule has 0 saturated carbocycles. The molecule has 0 aromatic heterocycles. The Hall–Kier alpha value is -1.55. The van der Waals surface area contributed by atoms with E-state index in [1.807, 2.05) is 23.1 Å². The Labute approximate surface area is 95.0 Å². The molecule has 16 heavy (non-hydrogen) atoms. The number of amides is 1. The molecule has 0 bridgehead atoms. The minimum Gasteiger partial charge on any atom is -0.399 e. The molecule has 0 fully saturated rings. The fourth-order valence-electron chi connectivity index (χ4n) is 2.02. The molecule has 0 spiro atoms. The summed E-state index contributed by atoms with van der Waals surface area (Å²) >= 11 is 0. The average molecular weight is 220 g/mol. The van der Waals surface area contributed by atoms with Crippen LogP contribution in [0.1, 0.15) is 12.0 Å². The Balaban J connectivity index is 2.13. The fourth-order valence-corrected chi connectivity index (χ4v) is 2.02. The van der Waals surface area contributed by atoms with Crippen molar-refractivity contribution in [2.45, 2.75) is 12.8 Å². The van der Waals surface area contributed by atoms with Crippen LogP contribution in [0.25, 0.3) is 0 Å². The zero-order valence-corrected chi connectivity index (χ0v) is 9.40. The summed E-state index contributed by atoms with van der Waals surface area (Å²) in [4.78, 5) is 13.6. The number of fused-ring (bicyclic) bond motifs is 1. The zero-order chi connectivity index (χ0) is 11.5. The van der Waals surface area contributed by atoms with Gasteiger partial charge in [-0.3, -0.25) is 4.79 Å². The van der Waals surface area contributed by atoms with E-state index in [9.17, 15) is 4.79 Å². The smallest absolute Gasteiger partial charge is 0.231 e. The van der Waals surface area contributed by atoms with Gasteiger partial charge >= 0.3 is 0 Å². The van der Waals surface area contributed by atoms with E-state index in [1.165, 1.54) is 0 Å². The second-order valence-corrected chi connectivity index (χ2v) is 3.96. The van der Waals surface area contributed by atoms with Gasteiger partial charge in [0.05, 0.1) is 6.42 Å². The number of hydrogen-bond acceptors (Lipinski definition) is 3. The SMILES string of the molecule is COCCCN1C(=O)Cc2cc(N)ccc21. The molecule has 86 valence electrons. The molecule has 1 aliphatic heterocycles. The Bertz CT molecular complexity index is 404. The second kappa shape index (κ2) is 4.53. The molecule has 1 aliphatic rings. The normalized spacial score (nSPS) is 14.3. The number of nitrogens with two attached hydrogens (primary N) is 1. The van der Waals surface area contributed by atoms with Crippen molar-refractivity contribution < 1.29 is 9.53 Å². The van der Waals surface area contributed by atoms with Gasteiger partial charge in [-0.2, -0.15) is 0 Å². The van der Waals surface area contributed by atoms with Gasteiger partial charge in [0.25, 0.3) is 0 Å². The molecule has 2 rings (SSSR count). The number of nitrogen functional groups attached to an aromatic ring is 1. The van der Waals surface area contributed by atoms with Crippen molar-refractivity contribution in [3.63, 3.8) is 0 Å². The fraction of sp³-hybridized carbons (Fsp3) is 0.417. The Kier molecular flexibility index (Phi) is 3.10. The van der Waals surface area contributed by atoms with Gasteiger partial charge in [-0.15, -0.1) is 0 Å². The van der Waals surface area contributed by atoms with Crippen LogP contribution in [0.5, 0.6) is 0 Å². The van der Waals surface area contributed by atoms with Crippen LogP contribution in [0.4, 0.5) is 11.4 Å². The van der Waals surface area contributed by atoms with E-state index < -0.39 is 0 Å². The number of methoxy groups -OCH3 is 1. The molecule has 1 heterocycles. The second-order valence-electron chi connectivity index (χ2n) is 3.96. The predicted octanol–water partition coefficient (Wildman–Crippen LogP) is 1.19. The first-order valence-corrected chi connectivity index (χ1v) is 5.40. The third-order valence-corrected chi connectivity index (χ3v) is 2.77. The Morgan fingerprint density at radius 3 is 3.06 bits per heavy atom. The zero-order valence-electron chi connectivity index (χ0n) is 9.40. The summed E-state index contributed by atoms with van der Waals surface area (Å²) in [5, 5.41) is 0. The number of hydrogen-bond donors (Lipinski definition) is 1. The van der Waals surface area contributed by atoms with Gasteiger partial charge < -0.3 is 15.4 Å². The lowest BCUT2D eigenvalue weighted by Crippen LogP contribution is -2.28. The van der Waals surface area contributed by atoms with E-state index in [1.54, 1.807) is 7.11 Å². The van der Waals surface area contributed by atoms with Crippen LogP contribution in [0.15, 0.2) is 18.2 Å². The van der Waals surface area contributed by atoms with Gasteiger partial charge in [0.1, 0.15) is 0 Å². The predicted molar refractivity (Wildman–Crippen MR) is 63.4 cm³/mol. The Morgan fingerprint density at radius 1 is 1.50 bits per heavy atom. The average Bonchev–Trinajstić information content (AvgIpc) is 2.55. The van der Waals surface area contributed by atoms with Gasteiger partial charge in [-0.1, -0.05) is 0 Å². The van der Waals surface area contributed by atoms with Gasteiger partial charge in [-0.05, 0) is 30.2 Å². The standard InChI is InChI=1S/C12H16N2O2/c1-16-6-2-5-14-11-4-3-10(13)7-9(11)8-12(14)15/h3-4,7H,2,5-6,8,13H2,1H3. The highest BCUT2D eigenvalue weighted by Gasteiger charge is 2.26. The van der Waals surface area contributed by atoms with Crippen LogP contribution in [-0.4, -0.2) is 26.2 Å². The number of carbonyl (C=O) groups excluding carboxylic acids is 1. The summed E-state index contributed by atoms with van der Waals surface area (Å²) in [7, 11) is 1.67. The maximum absolute atomic E-state index is 11.8. The van der Waals surface area contributed by atoms with Crippen LogP contribution in [-0.2, 0) is 16.0 Å². The summed E-state index contributed by atoms with van der Waals surface area (Å²) in [6, 6.07) is 5.63. The molecule has 4 nitrogen and oxygen atoms in total. The first-order chi connectivity index (χ1) is 7.72. The van der Waals surface area contributed by atoms with Gasteiger partial charge in [0, 0.05) is 31.6 Å². The summed E-state index contributed by atoms with van der Waals surface area (Å²) in [5.41, 5.74) is 8.43. The molecule has 4 heteroatoms. The van der Waals surface area contributed by atoms with Crippen LogP contribution >= 0.6 is 0 Å². The summed E-state index contributed by atoms with van der Waals surface area (Å²) in [6.07, 6.45) is 1.32. The number of ether oxygens (including phenoxy) is 1. The molecule has 1 amide bonds. The van der Waals surface area contributed by atoms with Crippen LogP contribution in [0.3, 0.4) is 0 Å². The quantitative estimate of drug-likeness (QED) is 0.612. The molecule has 0 atom stereocenters. The number of anilines is 2.